The zero-order valence-corrected chi connectivity index (χ0v) is 30.3. The minimum atomic E-state index is 0.611. The quantitative estimate of drug-likeness (QED) is 0.172. The van der Waals surface area contributed by atoms with E-state index in [0.29, 0.717) is 5.82 Å². The summed E-state index contributed by atoms with van der Waals surface area (Å²) >= 11 is 0. The summed E-state index contributed by atoms with van der Waals surface area (Å²) in [6, 6.07) is 70.1. The lowest BCUT2D eigenvalue weighted by Gasteiger charge is -2.12. The number of benzene rings is 8. The van der Waals surface area contributed by atoms with E-state index in [-0.39, 0.29) is 0 Å². The van der Waals surface area contributed by atoms with E-state index in [1.807, 2.05) is 12.1 Å². The highest BCUT2D eigenvalue weighted by Gasteiger charge is 2.21. The molecule has 262 valence electrons. The number of fused-ring (bicyclic) bond motifs is 7. The lowest BCUT2D eigenvalue weighted by molar-refractivity contribution is 0.673. The van der Waals surface area contributed by atoms with Crippen LogP contribution in [0.1, 0.15) is 0 Å². The maximum atomic E-state index is 7.06. The smallest absolute Gasteiger partial charge is 0.164 e. The van der Waals surface area contributed by atoms with Crippen molar-refractivity contribution in [2.24, 2.45) is 0 Å². The first-order chi connectivity index (χ1) is 27.8. The Morgan fingerprint density at radius 1 is 0.357 bits per heavy atom. The molecular weight excluding hydrogens is 683 g/mol. The van der Waals surface area contributed by atoms with Gasteiger partial charge in [0.15, 0.2) is 5.82 Å². The van der Waals surface area contributed by atoms with E-state index in [9.17, 15) is 0 Å². The van der Waals surface area contributed by atoms with Crippen LogP contribution in [0.3, 0.4) is 0 Å². The molecule has 0 aliphatic rings. The molecule has 0 bridgehead atoms. The van der Waals surface area contributed by atoms with Crippen LogP contribution in [0, 0.1) is 0 Å². The second-order valence-electron chi connectivity index (χ2n) is 14.2. The molecule has 0 fully saturated rings. The first-order valence-electron chi connectivity index (χ1n) is 18.9. The molecule has 11 rings (SSSR count). The minimum Gasteiger partial charge on any atom is -0.455 e. The van der Waals surface area contributed by atoms with Gasteiger partial charge in [-0.05, 0) is 76.9 Å². The summed E-state index contributed by atoms with van der Waals surface area (Å²) in [5, 5.41) is 4.33. The van der Waals surface area contributed by atoms with Gasteiger partial charge in [0, 0.05) is 33.0 Å². The molecule has 3 aromatic heterocycles. The summed E-state index contributed by atoms with van der Waals surface area (Å²) in [6.45, 7) is 0. The Balaban J connectivity index is 1.14. The molecule has 0 atom stereocenters. The number of para-hydroxylation sites is 3. The van der Waals surface area contributed by atoms with E-state index in [4.69, 9.17) is 14.4 Å². The summed E-state index contributed by atoms with van der Waals surface area (Å²) in [5.74, 6) is 0.611. The molecule has 0 saturated carbocycles. The van der Waals surface area contributed by atoms with Gasteiger partial charge in [-0.3, -0.25) is 0 Å². The molecule has 4 nitrogen and oxygen atoms in total. The van der Waals surface area contributed by atoms with Gasteiger partial charge in [-0.1, -0.05) is 146 Å². The predicted molar refractivity (Wildman–Crippen MR) is 231 cm³/mol. The summed E-state index contributed by atoms with van der Waals surface area (Å²) < 4.78 is 9.38. The van der Waals surface area contributed by atoms with Gasteiger partial charge in [0.05, 0.1) is 33.4 Å². The second-order valence-corrected chi connectivity index (χ2v) is 14.2. The van der Waals surface area contributed by atoms with Crippen molar-refractivity contribution in [1.82, 2.24) is 14.5 Å². The maximum absolute atomic E-state index is 7.06. The van der Waals surface area contributed by atoms with E-state index in [0.717, 1.165) is 99.8 Å². The highest BCUT2D eigenvalue weighted by atomic mass is 16.3. The lowest BCUT2D eigenvalue weighted by Crippen LogP contribution is -1.96. The van der Waals surface area contributed by atoms with Crippen LogP contribution in [0.25, 0.3) is 106 Å². The predicted octanol–water partition coefficient (Wildman–Crippen LogP) is 13.8. The molecule has 0 spiro atoms. The van der Waals surface area contributed by atoms with E-state index >= 15 is 0 Å². The summed E-state index contributed by atoms with van der Waals surface area (Å²) in [4.78, 5) is 10.6. The first kappa shape index (κ1) is 31.9. The molecule has 4 heteroatoms. The Hall–Kier alpha value is -7.56. The SMILES string of the molecule is c1ccc(-c2cccc(-c3cc(-c4cccc(-c5ccccc5)c4)nc(-c4cccc5c4oc4c5ccc5c4c4ccccc4n5-c4ccccc4)n3)c2)cc1. The zero-order valence-electron chi connectivity index (χ0n) is 30.3. The van der Waals surface area contributed by atoms with Crippen LogP contribution in [0.4, 0.5) is 0 Å². The highest BCUT2D eigenvalue weighted by Crippen LogP contribution is 2.43. The molecule has 0 unspecified atom stereocenters. The average molecular weight is 716 g/mol. The minimum absolute atomic E-state index is 0.611. The van der Waals surface area contributed by atoms with E-state index in [1.54, 1.807) is 0 Å². The van der Waals surface area contributed by atoms with Crippen LogP contribution in [0.2, 0.25) is 0 Å². The highest BCUT2D eigenvalue weighted by molar-refractivity contribution is 6.24. The molecule has 0 aliphatic heterocycles. The van der Waals surface area contributed by atoms with Gasteiger partial charge in [0.2, 0.25) is 0 Å². The van der Waals surface area contributed by atoms with Crippen molar-refractivity contribution in [1.29, 1.82) is 0 Å². The maximum Gasteiger partial charge on any atom is 0.164 e. The molecule has 0 N–H and O–H groups in total. The van der Waals surface area contributed by atoms with Gasteiger partial charge in [-0.2, -0.15) is 0 Å². The van der Waals surface area contributed by atoms with Gasteiger partial charge in [-0.25, -0.2) is 9.97 Å². The molecule has 0 saturated heterocycles. The number of furan rings is 1. The van der Waals surface area contributed by atoms with Crippen LogP contribution in [-0.4, -0.2) is 14.5 Å². The third kappa shape index (κ3) is 5.31. The third-order valence-electron chi connectivity index (χ3n) is 10.8. The molecule has 56 heavy (non-hydrogen) atoms. The fourth-order valence-electron chi connectivity index (χ4n) is 8.18. The van der Waals surface area contributed by atoms with Crippen LogP contribution in [0.15, 0.2) is 205 Å². The molecule has 3 heterocycles. The second kappa shape index (κ2) is 13.1. The summed E-state index contributed by atoms with van der Waals surface area (Å²) in [5.41, 5.74) is 14.1. The van der Waals surface area contributed by atoms with E-state index in [2.05, 4.69) is 193 Å². The normalized spacial score (nSPS) is 11.6. The van der Waals surface area contributed by atoms with Crippen molar-refractivity contribution in [3.05, 3.63) is 200 Å². The van der Waals surface area contributed by atoms with Crippen molar-refractivity contribution in [3.8, 4) is 61.8 Å². The van der Waals surface area contributed by atoms with Crippen molar-refractivity contribution in [3.63, 3.8) is 0 Å². The lowest BCUT2D eigenvalue weighted by atomic mass is 9.99. The topological polar surface area (TPSA) is 43.9 Å². The van der Waals surface area contributed by atoms with Gasteiger partial charge in [0.1, 0.15) is 11.2 Å². The van der Waals surface area contributed by atoms with Crippen molar-refractivity contribution in [2.75, 3.05) is 0 Å². The Labute approximate surface area is 323 Å². The van der Waals surface area contributed by atoms with Crippen molar-refractivity contribution < 1.29 is 4.42 Å². The number of nitrogens with zero attached hydrogens (tertiary/aromatic N) is 3. The van der Waals surface area contributed by atoms with Crippen LogP contribution < -0.4 is 0 Å². The molecule has 8 aromatic carbocycles. The van der Waals surface area contributed by atoms with Crippen molar-refractivity contribution >= 4 is 43.7 Å². The monoisotopic (exact) mass is 715 g/mol. The molecular formula is C52H33N3O. The number of rotatable bonds is 6. The van der Waals surface area contributed by atoms with Gasteiger partial charge in [-0.15, -0.1) is 0 Å². The molecule has 0 radical (unpaired) electrons. The van der Waals surface area contributed by atoms with Crippen LogP contribution in [-0.2, 0) is 0 Å². The zero-order chi connectivity index (χ0) is 37.0. The molecule has 11 aromatic rings. The fourth-order valence-corrected chi connectivity index (χ4v) is 8.18. The fraction of sp³-hybridized carbons (Fsp3) is 0. The first-order valence-corrected chi connectivity index (χ1v) is 18.9. The Kier molecular flexibility index (Phi) is 7.46. The third-order valence-corrected chi connectivity index (χ3v) is 10.8. The Morgan fingerprint density at radius 2 is 0.875 bits per heavy atom. The number of hydrogen-bond donors (Lipinski definition) is 0. The average Bonchev–Trinajstić information content (AvgIpc) is 3.83. The van der Waals surface area contributed by atoms with Gasteiger partial charge in [0.25, 0.3) is 0 Å². The van der Waals surface area contributed by atoms with E-state index < -0.39 is 0 Å². The Bertz CT molecular complexity index is 3130. The summed E-state index contributed by atoms with van der Waals surface area (Å²) in [6.07, 6.45) is 0. The number of hydrogen-bond acceptors (Lipinski definition) is 3. The van der Waals surface area contributed by atoms with Gasteiger partial charge < -0.3 is 8.98 Å². The molecule has 0 aliphatic carbocycles. The molecule has 0 amide bonds. The van der Waals surface area contributed by atoms with E-state index in [1.165, 1.54) is 0 Å². The van der Waals surface area contributed by atoms with Crippen molar-refractivity contribution in [2.45, 2.75) is 0 Å². The largest absolute Gasteiger partial charge is 0.455 e. The van der Waals surface area contributed by atoms with Crippen LogP contribution >= 0.6 is 0 Å². The standard InChI is InChI=1S/C52H33N3O/c1-4-15-34(16-5-1)36-19-12-21-38(31-36)45-33-46(39-22-13-20-37(32-39)35-17-6-2-7-18-35)54-52(53-45)44-27-14-26-41-42-29-30-48-49(51(42)56-50(41)44)43-25-10-11-28-47(43)55(48)40-23-8-3-9-24-40/h1-33H. The Morgan fingerprint density at radius 3 is 1.54 bits per heavy atom. The van der Waals surface area contributed by atoms with Gasteiger partial charge >= 0.3 is 0 Å². The summed E-state index contributed by atoms with van der Waals surface area (Å²) in [7, 11) is 0. The van der Waals surface area contributed by atoms with Crippen LogP contribution in [0.5, 0.6) is 0 Å². The number of aromatic nitrogens is 3.